The second kappa shape index (κ2) is 4.92. The summed E-state index contributed by atoms with van der Waals surface area (Å²) in [6.45, 7) is 3.02. The Morgan fingerprint density at radius 1 is 1.56 bits per heavy atom. The first-order valence-corrected chi connectivity index (χ1v) is 6.90. The van der Waals surface area contributed by atoms with E-state index in [1.807, 2.05) is 13.1 Å². The molecule has 1 aliphatic carbocycles. The van der Waals surface area contributed by atoms with Crippen molar-refractivity contribution in [1.82, 2.24) is 4.98 Å². The van der Waals surface area contributed by atoms with Gasteiger partial charge in [-0.2, -0.15) is 0 Å². The van der Waals surface area contributed by atoms with Crippen LogP contribution in [0.25, 0.3) is 0 Å². The molecular formula is C12H16BrClN2. The second-order valence-corrected chi connectivity index (χ2v) is 5.87. The van der Waals surface area contributed by atoms with Gasteiger partial charge < -0.3 is 5.32 Å². The van der Waals surface area contributed by atoms with Crippen LogP contribution in [0, 0.1) is 12.3 Å². The molecule has 1 aromatic rings. The van der Waals surface area contributed by atoms with Crippen molar-refractivity contribution in [3.8, 4) is 0 Å². The van der Waals surface area contributed by atoms with E-state index in [4.69, 9.17) is 11.6 Å². The number of aromatic nitrogens is 1. The van der Waals surface area contributed by atoms with Gasteiger partial charge >= 0.3 is 0 Å². The molecule has 2 nitrogen and oxygen atoms in total. The van der Waals surface area contributed by atoms with E-state index in [1.54, 1.807) is 0 Å². The summed E-state index contributed by atoms with van der Waals surface area (Å²) in [4.78, 5) is 4.38. The predicted molar refractivity (Wildman–Crippen MR) is 72.2 cm³/mol. The highest BCUT2D eigenvalue weighted by Gasteiger charge is 2.41. The molecule has 0 saturated heterocycles. The number of halogens is 2. The van der Waals surface area contributed by atoms with Crippen LogP contribution in [0.3, 0.4) is 0 Å². The maximum Gasteiger partial charge on any atom is 0.140 e. The zero-order chi connectivity index (χ0) is 11.6. The summed E-state index contributed by atoms with van der Waals surface area (Å²) in [5.74, 6) is 1.69. The standard InChI is InChI=1S/C12H16BrClN2/c1-9-6-10(13)11(15-7-9)16-8-12(2-3-12)4-5-14/h6-7H,2-5,8H2,1H3,(H,15,16). The number of nitrogens with zero attached hydrogens (tertiary/aromatic N) is 1. The van der Waals surface area contributed by atoms with Crippen LogP contribution >= 0.6 is 27.5 Å². The molecule has 0 spiro atoms. The van der Waals surface area contributed by atoms with E-state index in [0.717, 1.165) is 29.1 Å². The lowest BCUT2D eigenvalue weighted by molar-refractivity contribution is 0.524. The molecule has 1 fully saturated rings. The molecule has 16 heavy (non-hydrogen) atoms. The van der Waals surface area contributed by atoms with Gasteiger partial charge in [-0.15, -0.1) is 11.6 Å². The number of anilines is 1. The van der Waals surface area contributed by atoms with Gasteiger partial charge in [0.2, 0.25) is 0 Å². The highest BCUT2D eigenvalue weighted by atomic mass is 79.9. The Morgan fingerprint density at radius 3 is 2.88 bits per heavy atom. The first-order valence-electron chi connectivity index (χ1n) is 5.57. The Balaban J connectivity index is 1.94. The SMILES string of the molecule is Cc1cnc(NCC2(CCCl)CC2)c(Br)c1. The maximum absolute atomic E-state index is 5.81. The molecule has 1 heterocycles. The normalized spacial score (nSPS) is 17.2. The summed E-state index contributed by atoms with van der Waals surface area (Å²) in [7, 11) is 0. The molecule has 1 saturated carbocycles. The maximum atomic E-state index is 5.81. The van der Waals surface area contributed by atoms with Crippen molar-refractivity contribution in [2.24, 2.45) is 5.41 Å². The first-order chi connectivity index (χ1) is 7.65. The fourth-order valence-corrected chi connectivity index (χ4v) is 2.83. The lowest BCUT2D eigenvalue weighted by atomic mass is 10.0. The smallest absolute Gasteiger partial charge is 0.140 e. The highest BCUT2D eigenvalue weighted by Crippen LogP contribution is 2.49. The van der Waals surface area contributed by atoms with E-state index in [-0.39, 0.29) is 0 Å². The minimum Gasteiger partial charge on any atom is -0.369 e. The molecule has 2 rings (SSSR count). The van der Waals surface area contributed by atoms with Crippen LogP contribution in [-0.2, 0) is 0 Å². The van der Waals surface area contributed by atoms with Crippen molar-refractivity contribution < 1.29 is 0 Å². The molecule has 0 aliphatic heterocycles. The number of rotatable bonds is 5. The lowest BCUT2D eigenvalue weighted by Gasteiger charge is -2.15. The van der Waals surface area contributed by atoms with Crippen LogP contribution in [-0.4, -0.2) is 17.4 Å². The van der Waals surface area contributed by atoms with E-state index in [9.17, 15) is 0 Å². The highest BCUT2D eigenvalue weighted by molar-refractivity contribution is 9.10. The number of nitrogens with one attached hydrogen (secondary N) is 1. The predicted octanol–water partition coefficient (Wildman–Crippen LogP) is 3.97. The molecule has 0 atom stereocenters. The van der Waals surface area contributed by atoms with Crippen molar-refractivity contribution in [3.63, 3.8) is 0 Å². The Hall–Kier alpha value is -0.280. The average molecular weight is 304 g/mol. The molecule has 0 unspecified atom stereocenters. The Morgan fingerprint density at radius 2 is 2.31 bits per heavy atom. The van der Waals surface area contributed by atoms with Crippen molar-refractivity contribution in [2.45, 2.75) is 26.2 Å². The Kier molecular flexibility index (Phi) is 3.75. The number of hydrogen-bond donors (Lipinski definition) is 1. The van der Waals surface area contributed by atoms with Crippen molar-refractivity contribution in [1.29, 1.82) is 0 Å². The van der Waals surface area contributed by atoms with E-state index in [1.165, 1.54) is 18.4 Å². The van der Waals surface area contributed by atoms with Crippen molar-refractivity contribution in [2.75, 3.05) is 17.7 Å². The van der Waals surface area contributed by atoms with Crippen LogP contribution in [0.2, 0.25) is 0 Å². The number of alkyl halides is 1. The summed E-state index contributed by atoms with van der Waals surface area (Å²) < 4.78 is 1.04. The quantitative estimate of drug-likeness (QED) is 0.833. The molecule has 88 valence electrons. The van der Waals surface area contributed by atoms with Gasteiger partial charge in [-0.05, 0) is 59.2 Å². The lowest BCUT2D eigenvalue weighted by Crippen LogP contribution is -2.16. The zero-order valence-electron chi connectivity index (χ0n) is 9.39. The van der Waals surface area contributed by atoms with Crippen molar-refractivity contribution in [3.05, 3.63) is 22.3 Å². The summed E-state index contributed by atoms with van der Waals surface area (Å²) in [5.41, 5.74) is 1.60. The van der Waals surface area contributed by atoms with Crippen molar-refractivity contribution >= 4 is 33.3 Å². The Labute approximate surface area is 110 Å². The summed E-state index contributed by atoms with van der Waals surface area (Å²) in [6, 6.07) is 2.08. The van der Waals surface area contributed by atoms with Crippen LogP contribution in [0.5, 0.6) is 0 Å². The molecule has 0 aromatic carbocycles. The number of pyridine rings is 1. The fraction of sp³-hybridized carbons (Fsp3) is 0.583. The summed E-state index contributed by atoms with van der Waals surface area (Å²) >= 11 is 9.33. The van der Waals surface area contributed by atoms with Gasteiger partial charge in [0, 0.05) is 18.6 Å². The van der Waals surface area contributed by atoms with Gasteiger partial charge in [-0.25, -0.2) is 4.98 Å². The van der Waals surface area contributed by atoms with Gasteiger partial charge in [0.1, 0.15) is 5.82 Å². The zero-order valence-corrected chi connectivity index (χ0v) is 11.7. The van der Waals surface area contributed by atoms with E-state index >= 15 is 0 Å². The molecular weight excluding hydrogens is 288 g/mol. The third-order valence-corrected chi connectivity index (χ3v) is 3.98. The van der Waals surface area contributed by atoms with Gasteiger partial charge in [-0.3, -0.25) is 0 Å². The van der Waals surface area contributed by atoms with Crippen LogP contribution in [0.4, 0.5) is 5.82 Å². The van der Waals surface area contributed by atoms with E-state index in [0.29, 0.717) is 5.41 Å². The molecule has 0 amide bonds. The monoisotopic (exact) mass is 302 g/mol. The first kappa shape index (κ1) is 12.2. The van der Waals surface area contributed by atoms with E-state index < -0.39 is 0 Å². The van der Waals surface area contributed by atoms with Crippen LogP contribution in [0.15, 0.2) is 16.7 Å². The number of hydrogen-bond acceptors (Lipinski definition) is 2. The molecule has 4 heteroatoms. The molecule has 0 bridgehead atoms. The second-order valence-electron chi connectivity index (χ2n) is 4.64. The van der Waals surface area contributed by atoms with Crippen LogP contribution < -0.4 is 5.32 Å². The topological polar surface area (TPSA) is 24.9 Å². The average Bonchev–Trinajstić information content (AvgIpc) is 2.98. The Bertz CT molecular complexity index is 377. The summed E-state index contributed by atoms with van der Waals surface area (Å²) in [6.07, 6.45) is 5.56. The third-order valence-electron chi connectivity index (χ3n) is 3.19. The summed E-state index contributed by atoms with van der Waals surface area (Å²) in [5, 5.41) is 3.41. The molecule has 1 N–H and O–H groups in total. The largest absolute Gasteiger partial charge is 0.369 e. The minimum absolute atomic E-state index is 0.438. The molecule has 1 aromatic heterocycles. The fourth-order valence-electron chi connectivity index (χ4n) is 1.83. The van der Waals surface area contributed by atoms with Gasteiger partial charge in [0.15, 0.2) is 0 Å². The van der Waals surface area contributed by atoms with Gasteiger partial charge in [-0.1, -0.05) is 0 Å². The van der Waals surface area contributed by atoms with Crippen LogP contribution in [0.1, 0.15) is 24.8 Å². The number of aryl methyl sites for hydroxylation is 1. The van der Waals surface area contributed by atoms with Gasteiger partial charge in [0.05, 0.1) is 4.47 Å². The minimum atomic E-state index is 0.438. The van der Waals surface area contributed by atoms with E-state index in [2.05, 4.69) is 32.3 Å². The molecule has 0 radical (unpaired) electrons. The third kappa shape index (κ3) is 2.89. The van der Waals surface area contributed by atoms with Gasteiger partial charge in [0.25, 0.3) is 0 Å². The molecule has 1 aliphatic rings.